The lowest BCUT2D eigenvalue weighted by Gasteiger charge is -2.19. The molecule has 9 heteroatoms. The first-order valence-electron chi connectivity index (χ1n) is 11.6. The molecule has 0 aliphatic heterocycles. The van der Waals surface area contributed by atoms with Crippen molar-refractivity contribution in [3.05, 3.63) is 59.7 Å². The Morgan fingerprint density at radius 2 is 1.57 bits per heavy atom. The Morgan fingerprint density at radius 3 is 2.14 bits per heavy atom. The molecule has 0 saturated heterocycles. The molecule has 0 fully saturated rings. The Bertz CT molecular complexity index is 1040. The van der Waals surface area contributed by atoms with Crippen molar-refractivity contribution < 1.29 is 29.0 Å². The molecule has 3 amide bonds. The molecule has 9 nitrogen and oxygen atoms in total. The maximum absolute atomic E-state index is 12.6. The predicted molar refractivity (Wildman–Crippen MR) is 130 cm³/mol. The number of hydrogen-bond donors (Lipinski definition) is 3. The number of alkyl carbamates (subject to hydrolysis) is 1. The van der Waals surface area contributed by atoms with Crippen molar-refractivity contribution in [1.82, 2.24) is 15.5 Å². The van der Waals surface area contributed by atoms with Gasteiger partial charge in [-0.3, -0.25) is 14.4 Å². The van der Waals surface area contributed by atoms with Crippen molar-refractivity contribution in [3.63, 3.8) is 0 Å². The van der Waals surface area contributed by atoms with E-state index >= 15 is 0 Å². The number of amides is 3. The van der Waals surface area contributed by atoms with Gasteiger partial charge in [0.1, 0.15) is 12.6 Å². The average Bonchev–Trinajstić information content (AvgIpc) is 3.16. The van der Waals surface area contributed by atoms with Crippen LogP contribution in [0, 0.1) is 0 Å². The second-order valence-corrected chi connectivity index (χ2v) is 8.64. The number of hydrogen-bond acceptors (Lipinski definition) is 5. The zero-order valence-electron chi connectivity index (χ0n) is 20.0. The van der Waals surface area contributed by atoms with Crippen molar-refractivity contribution in [2.75, 3.05) is 27.2 Å². The molecule has 0 spiro atoms. The van der Waals surface area contributed by atoms with Crippen LogP contribution in [0.4, 0.5) is 4.79 Å². The summed E-state index contributed by atoms with van der Waals surface area (Å²) in [6.45, 7) is 0.314. The van der Waals surface area contributed by atoms with Gasteiger partial charge in [-0.05, 0) is 35.1 Å². The third-order valence-corrected chi connectivity index (χ3v) is 5.96. The van der Waals surface area contributed by atoms with Crippen LogP contribution in [0.15, 0.2) is 48.5 Å². The van der Waals surface area contributed by atoms with Gasteiger partial charge in [0.15, 0.2) is 0 Å². The van der Waals surface area contributed by atoms with Crippen molar-refractivity contribution in [3.8, 4) is 11.1 Å². The van der Waals surface area contributed by atoms with Gasteiger partial charge in [-0.25, -0.2) is 4.79 Å². The molecule has 186 valence electrons. The van der Waals surface area contributed by atoms with Crippen LogP contribution in [-0.2, 0) is 19.1 Å². The monoisotopic (exact) mass is 481 g/mol. The summed E-state index contributed by atoms with van der Waals surface area (Å²) in [6, 6.07) is 14.8. The minimum absolute atomic E-state index is 0.0570. The zero-order valence-corrected chi connectivity index (χ0v) is 20.0. The molecule has 3 N–H and O–H groups in total. The van der Waals surface area contributed by atoms with Crippen LogP contribution in [0.3, 0.4) is 0 Å². The molecule has 0 saturated carbocycles. The molecule has 2 aromatic carbocycles. The minimum Gasteiger partial charge on any atom is -0.481 e. The fraction of sp³-hybridized carbons (Fsp3) is 0.385. The number of carboxylic acid groups (broad SMARTS) is 1. The lowest BCUT2D eigenvalue weighted by atomic mass is 9.98. The topological polar surface area (TPSA) is 125 Å². The maximum Gasteiger partial charge on any atom is 0.407 e. The quantitative estimate of drug-likeness (QED) is 0.424. The third kappa shape index (κ3) is 6.81. The van der Waals surface area contributed by atoms with Gasteiger partial charge >= 0.3 is 12.1 Å². The maximum atomic E-state index is 12.6. The van der Waals surface area contributed by atoms with Crippen LogP contribution in [0.2, 0.25) is 0 Å². The normalized spacial score (nSPS) is 12.7. The summed E-state index contributed by atoms with van der Waals surface area (Å²) in [5, 5.41) is 14.2. The van der Waals surface area contributed by atoms with E-state index in [-0.39, 0.29) is 44.2 Å². The highest BCUT2D eigenvalue weighted by atomic mass is 16.5. The van der Waals surface area contributed by atoms with Gasteiger partial charge in [0.05, 0.1) is 0 Å². The molecule has 3 rings (SSSR count). The summed E-state index contributed by atoms with van der Waals surface area (Å²) >= 11 is 0. The lowest BCUT2D eigenvalue weighted by molar-refractivity contribution is -0.137. The highest BCUT2D eigenvalue weighted by molar-refractivity contribution is 5.86. The molecular weight excluding hydrogens is 450 g/mol. The summed E-state index contributed by atoms with van der Waals surface area (Å²) in [5.41, 5.74) is 4.33. The second kappa shape index (κ2) is 12.0. The molecule has 1 atom stereocenters. The zero-order chi connectivity index (χ0) is 25.4. The molecule has 35 heavy (non-hydrogen) atoms. The summed E-state index contributed by atoms with van der Waals surface area (Å²) < 4.78 is 5.48. The first-order valence-corrected chi connectivity index (χ1v) is 11.6. The highest BCUT2D eigenvalue weighted by Crippen LogP contribution is 2.44. The van der Waals surface area contributed by atoms with Crippen LogP contribution >= 0.6 is 0 Å². The van der Waals surface area contributed by atoms with Gasteiger partial charge in [-0.1, -0.05) is 48.5 Å². The molecule has 1 aliphatic carbocycles. The molecule has 0 bridgehead atoms. The number of fused-ring (bicyclic) bond motifs is 3. The van der Waals surface area contributed by atoms with E-state index in [1.54, 1.807) is 14.1 Å². The fourth-order valence-corrected chi connectivity index (χ4v) is 4.12. The van der Waals surface area contributed by atoms with Crippen molar-refractivity contribution >= 4 is 23.9 Å². The number of nitrogens with zero attached hydrogens (tertiary/aromatic N) is 1. The first kappa shape index (κ1) is 25.7. The van der Waals surface area contributed by atoms with Crippen LogP contribution < -0.4 is 10.6 Å². The van der Waals surface area contributed by atoms with Gasteiger partial charge in [0.25, 0.3) is 0 Å². The Balaban J connectivity index is 1.57. The Kier molecular flexibility index (Phi) is 8.83. The Morgan fingerprint density at radius 1 is 0.971 bits per heavy atom. The van der Waals surface area contributed by atoms with E-state index in [4.69, 9.17) is 9.84 Å². The number of ether oxygens (including phenoxy) is 1. The average molecular weight is 482 g/mol. The summed E-state index contributed by atoms with van der Waals surface area (Å²) in [4.78, 5) is 49.3. The molecule has 2 aromatic rings. The lowest BCUT2D eigenvalue weighted by Crippen LogP contribution is -2.47. The highest BCUT2D eigenvalue weighted by Gasteiger charge is 2.30. The van der Waals surface area contributed by atoms with E-state index in [1.807, 2.05) is 48.5 Å². The standard InChI is InChI=1S/C26H31N3O6/c1-29(2)23(30)12-7-15-27-25(33)22(13-14-24(31)32)28-26(34)35-16-21-19-10-5-3-8-17(19)18-9-4-6-11-20(18)21/h3-6,8-11,21-22H,7,12-16H2,1-2H3,(H,27,33)(H,28,34)(H,31,32). The third-order valence-electron chi connectivity index (χ3n) is 5.96. The smallest absolute Gasteiger partial charge is 0.407 e. The number of aliphatic carboxylic acids is 1. The molecule has 0 heterocycles. The SMILES string of the molecule is CN(C)C(=O)CCCNC(=O)C(CCC(=O)O)NC(=O)OCC1c2ccccc2-c2ccccc21. The van der Waals surface area contributed by atoms with E-state index in [0.717, 1.165) is 22.3 Å². The first-order chi connectivity index (χ1) is 16.8. The Hall–Kier alpha value is -3.88. The summed E-state index contributed by atoms with van der Waals surface area (Å²) in [5.74, 6) is -1.78. The van der Waals surface area contributed by atoms with E-state index < -0.39 is 24.0 Å². The number of benzene rings is 2. The van der Waals surface area contributed by atoms with Crippen molar-refractivity contribution in [2.45, 2.75) is 37.6 Å². The predicted octanol–water partition coefficient (Wildman–Crippen LogP) is 2.74. The second-order valence-electron chi connectivity index (χ2n) is 8.64. The van der Waals surface area contributed by atoms with Crippen LogP contribution in [0.1, 0.15) is 42.7 Å². The number of carboxylic acids is 1. The van der Waals surface area contributed by atoms with Gasteiger partial charge in [-0.15, -0.1) is 0 Å². The largest absolute Gasteiger partial charge is 0.481 e. The van der Waals surface area contributed by atoms with Gasteiger partial charge in [0, 0.05) is 39.4 Å². The van der Waals surface area contributed by atoms with Gasteiger partial charge < -0.3 is 25.4 Å². The summed E-state index contributed by atoms with van der Waals surface area (Å²) in [7, 11) is 3.31. The number of rotatable bonds is 11. The Labute approximate surface area is 204 Å². The molecule has 0 radical (unpaired) electrons. The van der Waals surface area contributed by atoms with E-state index in [1.165, 1.54) is 4.90 Å². The van der Waals surface area contributed by atoms with E-state index in [2.05, 4.69) is 10.6 Å². The van der Waals surface area contributed by atoms with Crippen molar-refractivity contribution in [2.24, 2.45) is 0 Å². The van der Waals surface area contributed by atoms with E-state index in [9.17, 15) is 19.2 Å². The van der Waals surface area contributed by atoms with Gasteiger partial charge in [0.2, 0.25) is 11.8 Å². The molecule has 0 aromatic heterocycles. The number of nitrogens with one attached hydrogen (secondary N) is 2. The van der Waals surface area contributed by atoms with Crippen LogP contribution in [-0.4, -0.2) is 67.2 Å². The minimum atomic E-state index is -1.08. The molecule has 1 unspecified atom stereocenters. The van der Waals surface area contributed by atoms with Crippen LogP contribution in [0.25, 0.3) is 11.1 Å². The summed E-state index contributed by atoms with van der Waals surface area (Å²) in [6.07, 6.45) is -0.463. The van der Waals surface area contributed by atoms with E-state index in [0.29, 0.717) is 6.42 Å². The number of carbonyl (C=O) groups excluding carboxylic acids is 3. The van der Waals surface area contributed by atoms with Gasteiger partial charge in [-0.2, -0.15) is 0 Å². The fourth-order valence-electron chi connectivity index (χ4n) is 4.12. The van der Waals surface area contributed by atoms with Crippen molar-refractivity contribution in [1.29, 1.82) is 0 Å². The van der Waals surface area contributed by atoms with Crippen LogP contribution in [0.5, 0.6) is 0 Å². The molecular formula is C26H31N3O6. The number of carbonyl (C=O) groups is 4. The molecule has 1 aliphatic rings.